The van der Waals surface area contributed by atoms with Gasteiger partial charge in [-0.05, 0) is 55.3 Å². The first-order chi connectivity index (χ1) is 19.2. The second-order valence-corrected chi connectivity index (χ2v) is 8.98. The summed E-state index contributed by atoms with van der Waals surface area (Å²) in [7, 11) is 0. The van der Waals surface area contributed by atoms with E-state index in [4.69, 9.17) is 9.47 Å². The number of benzene rings is 2. The molecule has 9 nitrogen and oxygen atoms in total. The second-order valence-electron chi connectivity index (χ2n) is 8.98. The van der Waals surface area contributed by atoms with E-state index in [0.29, 0.717) is 23.4 Å². The summed E-state index contributed by atoms with van der Waals surface area (Å²) in [6.45, 7) is 4.61. The lowest BCUT2D eigenvalue weighted by atomic mass is 9.93. The van der Waals surface area contributed by atoms with Crippen LogP contribution >= 0.6 is 0 Å². The molecule has 0 unspecified atom stereocenters. The number of imide groups is 1. The molecule has 10 heteroatoms. The van der Waals surface area contributed by atoms with Crippen molar-refractivity contribution in [3.05, 3.63) is 82.8 Å². The van der Waals surface area contributed by atoms with Gasteiger partial charge < -0.3 is 9.47 Å². The number of amides is 2. The van der Waals surface area contributed by atoms with Gasteiger partial charge in [-0.25, -0.2) is 9.07 Å². The molecule has 204 valence electrons. The minimum absolute atomic E-state index is 0.0937. The number of halogens is 1. The molecule has 0 aliphatic carbocycles. The Balaban J connectivity index is 1.84. The summed E-state index contributed by atoms with van der Waals surface area (Å²) in [5.41, 5.74) is 2.10. The van der Waals surface area contributed by atoms with Crippen molar-refractivity contribution < 1.29 is 28.2 Å². The summed E-state index contributed by atoms with van der Waals surface area (Å²) in [5.74, 6) is -2.41. The summed E-state index contributed by atoms with van der Waals surface area (Å²) >= 11 is 0. The highest BCUT2D eigenvalue weighted by Gasteiger charge is 2.35. The molecule has 2 aromatic carbocycles. The van der Waals surface area contributed by atoms with Gasteiger partial charge in [0.15, 0.2) is 11.6 Å². The predicted octanol–water partition coefficient (Wildman–Crippen LogP) is 4.62. The van der Waals surface area contributed by atoms with Crippen molar-refractivity contribution in [2.45, 2.75) is 27.2 Å². The molecular formula is C30H27FN4O5. The van der Waals surface area contributed by atoms with Crippen molar-refractivity contribution >= 4 is 23.9 Å². The molecule has 1 aliphatic rings. The van der Waals surface area contributed by atoms with Gasteiger partial charge in [-0.15, -0.1) is 0 Å². The van der Waals surface area contributed by atoms with E-state index in [1.807, 2.05) is 43.3 Å². The largest absolute Gasteiger partial charge is 0.491 e. The molecule has 2 heterocycles. The van der Waals surface area contributed by atoms with Gasteiger partial charge in [0.05, 0.1) is 18.8 Å². The molecule has 0 saturated heterocycles. The molecule has 40 heavy (non-hydrogen) atoms. The van der Waals surface area contributed by atoms with Crippen LogP contribution in [0.5, 0.6) is 5.75 Å². The Morgan fingerprint density at radius 1 is 1.12 bits per heavy atom. The second kappa shape index (κ2) is 12.2. The van der Waals surface area contributed by atoms with Crippen LogP contribution in [0.1, 0.15) is 32.8 Å². The van der Waals surface area contributed by atoms with Crippen LogP contribution in [0.3, 0.4) is 0 Å². The predicted molar refractivity (Wildman–Crippen MR) is 144 cm³/mol. The minimum atomic E-state index is -0.765. The summed E-state index contributed by atoms with van der Waals surface area (Å²) in [6, 6.07) is 15.6. The Hall–Kier alpha value is -5.04. The Bertz CT molecular complexity index is 1570. The average molecular weight is 543 g/mol. The van der Waals surface area contributed by atoms with Gasteiger partial charge in [-0.2, -0.15) is 10.4 Å². The van der Waals surface area contributed by atoms with Crippen molar-refractivity contribution in [3.63, 3.8) is 0 Å². The van der Waals surface area contributed by atoms with E-state index >= 15 is 0 Å². The van der Waals surface area contributed by atoms with Crippen molar-refractivity contribution in [3.8, 4) is 28.8 Å². The van der Waals surface area contributed by atoms with Gasteiger partial charge in [0.2, 0.25) is 0 Å². The van der Waals surface area contributed by atoms with Gasteiger partial charge in [0.1, 0.15) is 23.9 Å². The molecule has 1 aliphatic heterocycles. The third kappa shape index (κ3) is 5.83. The number of carbonyl (C=O) groups excluding carboxylic acids is 3. The molecule has 2 amide bonds. The first kappa shape index (κ1) is 28.0. The number of rotatable bonds is 9. The number of esters is 1. The molecule has 0 saturated carbocycles. The van der Waals surface area contributed by atoms with Gasteiger partial charge >= 0.3 is 5.97 Å². The molecular weight excluding hydrogens is 515 g/mol. The highest BCUT2D eigenvalue weighted by Crippen LogP contribution is 2.32. The quantitative estimate of drug-likeness (QED) is 0.220. The highest BCUT2D eigenvalue weighted by molar-refractivity contribution is 6.19. The van der Waals surface area contributed by atoms with Crippen molar-refractivity contribution in [2.24, 2.45) is 0 Å². The highest BCUT2D eigenvalue weighted by atomic mass is 19.1. The van der Waals surface area contributed by atoms with Crippen LogP contribution < -0.4 is 4.74 Å². The number of nitrogens with zero attached hydrogens (tertiary/aromatic N) is 4. The number of carbonyl (C=O) groups is 3. The summed E-state index contributed by atoms with van der Waals surface area (Å²) in [4.78, 5) is 38.4. The third-order valence-electron chi connectivity index (χ3n) is 6.18. The number of hydrogen-bond acceptors (Lipinski definition) is 7. The van der Waals surface area contributed by atoms with Crippen molar-refractivity contribution in [1.82, 2.24) is 14.7 Å². The fourth-order valence-corrected chi connectivity index (χ4v) is 4.18. The Kier molecular flexibility index (Phi) is 8.54. The van der Waals surface area contributed by atoms with Gasteiger partial charge in [0, 0.05) is 29.8 Å². The Morgan fingerprint density at radius 3 is 2.52 bits per heavy atom. The minimum Gasteiger partial charge on any atom is -0.491 e. The van der Waals surface area contributed by atoms with Crippen LogP contribution in [-0.4, -0.2) is 52.2 Å². The molecule has 0 bridgehead atoms. The molecule has 0 radical (unpaired) electrons. The monoisotopic (exact) mass is 542 g/mol. The molecule has 0 spiro atoms. The van der Waals surface area contributed by atoms with Crippen molar-refractivity contribution in [1.29, 1.82) is 5.26 Å². The lowest BCUT2D eigenvalue weighted by Crippen LogP contribution is -2.44. The van der Waals surface area contributed by atoms with Gasteiger partial charge in [-0.3, -0.25) is 19.3 Å². The van der Waals surface area contributed by atoms with E-state index in [-0.39, 0.29) is 35.6 Å². The average Bonchev–Trinajstić information content (AvgIpc) is 3.37. The molecule has 3 aromatic rings. The molecule has 0 atom stereocenters. The number of aromatic nitrogens is 2. The molecule has 1 aromatic heterocycles. The third-order valence-corrected chi connectivity index (χ3v) is 6.18. The van der Waals surface area contributed by atoms with Crippen LogP contribution in [0.2, 0.25) is 0 Å². The van der Waals surface area contributed by atoms with E-state index < -0.39 is 23.6 Å². The normalized spacial score (nSPS) is 14.5. The maximum Gasteiger partial charge on any atom is 0.302 e. The fraction of sp³-hybridized carbons (Fsp3) is 0.233. The van der Waals surface area contributed by atoms with E-state index in [1.54, 1.807) is 16.9 Å². The number of para-hydroxylation sites is 1. The zero-order valence-electron chi connectivity index (χ0n) is 22.3. The van der Waals surface area contributed by atoms with Crippen LogP contribution in [0.15, 0.2) is 71.4 Å². The number of ether oxygens (including phenoxy) is 2. The molecule has 0 fully saturated rings. The van der Waals surface area contributed by atoms with E-state index in [2.05, 4.69) is 5.10 Å². The fourth-order valence-electron chi connectivity index (χ4n) is 4.18. The van der Waals surface area contributed by atoms with E-state index in [9.17, 15) is 24.0 Å². The first-order valence-electron chi connectivity index (χ1n) is 12.7. The van der Waals surface area contributed by atoms with E-state index in [0.717, 1.165) is 17.0 Å². The Morgan fingerprint density at radius 2 is 1.88 bits per heavy atom. The van der Waals surface area contributed by atoms with Crippen LogP contribution in [0.4, 0.5) is 4.39 Å². The van der Waals surface area contributed by atoms with Gasteiger partial charge in [-0.1, -0.05) is 25.1 Å². The van der Waals surface area contributed by atoms with Gasteiger partial charge in [0.25, 0.3) is 11.8 Å². The maximum atomic E-state index is 14.9. The molecule has 0 N–H and O–H groups in total. The summed E-state index contributed by atoms with van der Waals surface area (Å²) in [5, 5.41) is 14.4. The smallest absolute Gasteiger partial charge is 0.302 e. The summed E-state index contributed by atoms with van der Waals surface area (Å²) < 4.78 is 26.9. The lowest BCUT2D eigenvalue weighted by Gasteiger charge is -2.27. The summed E-state index contributed by atoms with van der Waals surface area (Å²) in [6.07, 6.45) is 3.94. The zero-order valence-corrected chi connectivity index (χ0v) is 22.3. The molecule has 4 rings (SSSR count). The van der Waals surface area contributed by atoms with Crippen LogP contribution in [-0.2, 0) is 19.1 Å². The van der Waals surface area contributed by atoms with E-state index in [1.165, 1.54) is 32.1 Å². The first-order valence-corrected chi connectivity index (χ1v) is 12.7. The SMILES string of the molecule is CCCOc1ccc(-c2nn(-c3ccccc3)cc2/C=C2/C(=O)N(CCOC(C)=O)C(=O)C(C#N)=C2C)cc1F. The van der Waals surface area contributed by atoms with Crippen LogP contribution in [0.25, 0.3) is 23.0 Å². The zero-order chi connectivity index (χ0) is 28.8. The number of nitriles is 1. The maximum absolute atomic E-state index is 14.9. The van der Waals surface area contributed by atoms with Crippen molar-refractivity contribution in [2.75, 3.05) is 19.8 Å². The number of hydrogen-bond donors (Lipinski definition) is 0. The Labute approximate surface area is 230 Å². The lowest BCUT2D eigenvalue weighted by molar-refractivity contribution is -0.147. The van der Waals surface area contributed by atoms with Crippen LogP contribution in [0, 0.1) is 17.1 Å². The standard InChI is InChI=1S/C30H27FN4O5/c1-4-13-40-27-11-10-21(16-26(27)31)28-22(18-35(33-28)23-8-6-5-7-9-23)15-24-19(2)25(17-32)30(38)34(29(24)37)12-14-39-20(3)36/h5-11,15-16,18H,4,12-14H2,1-3H3/b24-15+. The topological polar surface area (TPSA) is 115 Å².